The fourth-order valence-electron chi connectivity index (χ4n) is 3.83. The molecule has 0 unspecified atom stereocenters. The number of halogens is 2. The zero-order chi connectivity index (χ0) is 16.6. The van der Waals surface area contributed by atoms with E-state index in [2.05, 4.69) is 39.8 Å². The molecule has 2 saturated heterocycles. The lowest BCUT2D eigenvalue weighted by Crippen LogP contribution is -2.29. The average Bonchev–Trinajstić information content (AvgIpc) is 3.12. The van der Waals surface area contributed by atoms with Crippen LogP contribution in [-0.4, -0.2) is 37.0 Å². The molecular weight excluding hydrogens is 369 g/mol. The summed E-state index contributed by atoms with van der Waals surface area (Å²) < 4.78 is 0. The summed E-state index contributed by atoms with van der Waals surface area (Å²) in [4.78, 5) is 14.6. The Balaban J connectivity index is 0.00000169. The Labute approximate surface area is 170 Å². The van der Waals surface area contributed by atoms with Crippen molar-refractivity contribution < 1.29 is 4.79 Å². The molecule has 0 spiro atoms. The molecule has 2 fully saturated rings. The summed E-state index contributed by atoms with van der Waals surface area (Å²) in [5.41, 5.74) is 2.57. The van der Waals surface area contributed by atoms with E-state index in [4.69, 9.17) is 0 Å². The summed E-state index contributed by atoms with van der Waals surface area (Å²) in [6.45, 7) is 6.35. The summed E-state index contributed by atoms with van der Waals surface area (Å²) >= 11 is 0. The molecule has 0 atom stereocenters. The van der Waals surface area contributed by atoms with E-state index in [0.717, 1.165) is 32.0 Å². The number of piperidine rings is 1. The van der Waals surface area contributed by atoms with E-state index in [1.165, 1.54) is 49.9 Å². The van der Waals surface area contributed by atoms with Gasteiger partial charge in [-0.2, -0.15) is 0 Å². The first-order valence-electron chi connectivity index (χ1n) is 9.57. The van der Waals surface area contributed by atoms with Crippen LogP contribution in [0.25, 0.3) is 0 Å². The van der Waals surface area contributed by atoms with Gasteiger partial charge in [-0.3, -0.25) is 9.69 Å². The van der Waals surface area contributed by atoms with Crippen molar-refractivity contribution >= 4 is 30.7 Å². The Morgan fingerprint density at radius 1 is 1.12 bits per heavy atom. The Morgan fingerprint density at radius 3 is 2.54 bits per heavy atom. The largest absolute Gasteiger partial charge is 0.352 e. The maximum Gasteiger partial charge on any atom is 0.220 e. The summed E-state index contributed by atoms with van der Waals surface area (Å²) in [5.74, 6) is 0.916. The molecule has 0 aliphatic carbocycles. The van der Waals surface area contributed by atoms with Crippen LogP contribution in [0.15, 0.2) is 24.3 Å². The van der Waals surface area contributed by atoms with Gasteiger partial charge in [-0.1, -0.05) is 24.3 Å². The van der Waals surface area contributed by atoms with E-state index < -0.39 is 0 Å². The molecular formula is C20H33Cl2N3O. The Morgan fingerprint density at radius 2 is 1.81 bits per heavy atom. The SMILES string of the molecule is Cl.Cl.O=C(CCC1CCNCC1)NCc1cccc(CN2CCCC2)c1. The maximum absolute atomic E-state index is 12.1. The Bertz CT molecular complexity index is 530. The van der Waals surface area contributed by atoms with E-state index in [1.807, 2.05) is 0 Å². The van der Waals surface area contributed by atoms with Crippen LogP contribution >= 0.6 is 24.8 Å². The standard InChI is InChI=1S/C20H31N3O.2ClH/c24-20(7-6-17-8-10-21-11-9-17)22-15-18-4-3-5-19(14-18)16-23-12-1-2-13-23;;/h3-5,14,17,21H,1-2,6-13,15-16H2,(H,22,24);2*1H. The van der Waals surface area contributed by atoms with Crippen molar-refractivity contribution in [1.29, 1.82) is 0 Å². The van der Waals surface area contributed by atoms with Crippen LogP contribution in [0.3, 0.4) is 0 Å². The molecule has 2 aliphatic heterocycles. The molecule has 26 heavy (non-hydrogen) atoms. The monoisotopic (exact) mass is 401 g/mol. The van der Waals surface area contributed by atoms with Crippen molar-refractivity contribution in [2.24, 2.45) is 5.92 Å². The first-order chi connectivity index (χ1) is 11.8. The number of nitrogens with zero attached hydrogens (tertiary/aromatic N) is 1. The summed E-state index contributed by atoms with van der Waals surface area (Å²) in [7, 11) is 0. The van der Waals surface area contributed by atoms with Crippen molar-refractivity contribution in [3.8, 4) is 0 Å². The van der Waals surface area contributed by atoms with Gasteiger partial charge in [0.15, 0.2) is 0 Å². The number of carbonyl (C=O) groups excluding carboxylic acids is 1. The minimum absolute atomic E-state index is 0. The summed E-state index contributed by atoms with van der Waals surface area (Å²) in [6.07, 6.45) is 6.78. The van der Waals surface area contributed by atoms with Crippen LogP contribution in [0.1, 0.15) is 49.7 Å². The van der Waals surface area contributed by atoms with Gasteiger partial charge in [0.05, 0.1) is 0 Å². The minimum atomic E-state index is 0. The van der Waals surface area contributed by atoms with Gasteiger partial charge in [0, 0.05) is 19.5 Å². The van der Waals surface area contributed by atoms with Gasteiger partial charge in [-0.25, -0.2) is 0 Å². The molecule has 4 nitrogen and oxygen atoms in total. The topological polar surface area (TPSA) is 44.4 Å². The van der Waals surface area contributed by atoms with E-state index in [0.29, 0.717) is 13.0 Å². The molecule has 0 bridgehead atoms. The van der Waals surface area contributed by atoms with Crippen LogP contribution < -0.4 is 10.6 Å². The summed E-state index contributed by atoms with van der Waals surface area (Å²) in [6, 6.07) is 8.66. The number of rotatable bonds is 7. The van der Waals surface area contributed by atoms with E-state index in [1.54, 1.807) is 0 Å². The molecule has 2 N–H and O–H groups in total. The highest BCUT2D eigenvalue weighted by Gasteiger charge is 2.14. The predicted molar refractivity (Wildman–Crippen MR) is 112 cm³/mol. The van der Waals surface area contributed by atoms with Gasteiger partial charge < -0.3 is 10.6 Å². The second-order valence-electron chi connectivity index (χ2n) is 7.31. The lowest BCUT2D eigenvalue weighted by atomic mass is 9.93. The lowest BCUT2D eigenvalue weighted by molar-refractivity contribution is -0.121. The number of hydrogen-bond acceptors (Lipinski definition) is 3. The molecule has 148 valence electrons. The zero-order valence-electron chi connectivity index (χ0n) is 15.5. The predicted octanol–water partition coefficient (Wildman–Crippen LogP) is 3.52. The van der Waals surface area contributed by atoms with Gasteiger partial charge in [0.25, 0.3) is 0 Å². The molecule has 2 aliphatic rings. The quantitative estimate of drug-likeness (QED) is 0.734. The third-order valence-corrected chi connectivity index (χ3v) is 5.32. The second kappa shape index (κ2) is 12.6. The zero-order valence-corrected chi connectivity index (χ0v) is 17.2. The highest BCUT2D eigenvalue weighted by molar-refractivity contribution is 5.85. The molecule has 0 aromatic heterocycles. The van der Waals surface area contributed by atoms with Crippen LogP contribution in [-0.2, 0) is 17.9 Å². The molecule has 6 heteroatoms. The number of nitrogens with one attached hydrogen (secondary N) is 2. The summed E-state index contributed by atoms with van der Waals surface area (Å²) in [5, 5.41) is 6.47. The van der Waals surface area contributed by atoms with Crippen molar-refractivity contribution in [3.05, 3.63) is 35.4 Å². The number of hydrogen-bond donors (Lipinski definition) is 2. The number of amides is 1. The average molecular weight is 402 g/mol. The molecule has 1 aromatic rings. The fourth-order valence-corrected chi connectivity index (χ4v) is 3.83. The number of benzene rings is 1. The molecule has 1 aromatic carbocycles. The number of likely N-dealkylation sites (tertiary alicyclic amines) is 1. The highest BCUT2D eigenvalue weighted by atomic mass is 35.5. The van der Waals surface area contributed by atoms with Crippen molar-refractivity contribution in [3.63, 3.8) is 0 Å². The minimum Gasteiger partial charge on any atom is -0.352 e. The first kappa shape index (κ1) is 23.2. The van der Waals surface area contributed by atoms with Gasteiger partial charge in [-0.15, -0.1) is 24.8 Å². The molecule has 2 heterocycles. The van der Waals surface area contributed by atoms with Gasteiger partial charge in [-0.05, 0) is 75.3 Å². The normalized spacial score (nSPS) is 18.0. The first-order valence-corrected chi connectivity index (χ1v) is 9.57. The van der Waals surface area contributed by atoms with Crippen molar-refractivity contribution in [2.45, 2.75) is 51.6 Å². The fraction of sp³-hybridized carbons (Fsp3) is 0.650. The maximum atomic E-state index is 12.1. The molecule has 0 radical (unpaired) electrons. The lowest BCUT2D eigenvalue weighted by Gasteiger charge is -2.22. The van der Waals surface area contributed by atoms with Gasteiger partial charge in [0.2, 0.25) is 5.91 Å². The molecule has 0 saturated carbocycles. The van der Waals surface area contributed by atoms with Crippen LogP contribution in [0.5, 0.6) is 0 Å². The Kier molecular flexibility index (Phi) is 11.2. The number of carbonyl (C=O) groups is 1. The second-order valence-corrected chi connectivity index (χ2v) is 7.31. The van der Waals surface area contributed by atoms with Gasteiger partial charge in [0.1, 0.15) is 0 Å². The van der Waals surface area contributed by atoms with Crippen LogP contribution in [0.4, 0.5) is 0 Å². The van der Waals surface area contributed by atoms with Crippen molar-refractivity contribution in [1.82, 2.24) is 15.5 Å². The van der Waals surface area contributed by atoms with E-state index >= 15 is 0 Å². The third-order valence-electron chi connectivity index (χ3n) is 5.32. The van der Waals surface area contributed by atoms with Crippen molar-refractivity contribution in [2.75, 3.05) is 26.2 Å². The third kappa shape index (κ3) is 7.83. The van der Waals surface area contributed by atoms with Crippen LogP contribution in [0, 0.1) is 5.92 Å². The molecule has 1 amide bonds. The van der Waals surface area contributed by atoms with Crippen LogP contribution in [0.2, 0.25) is 0 Å². The molecule has 3 rings (SSSR count). The van der Waals surface area contributed by atoms with E-state index in [9.17, 15) is 4.79 Å². The van der Waals surface area contributed by atoms with Gasteiger partial charge >= 0.3 is 0 Å². The smallest absolute Gasteiger partial charge is 0.220 e. The Hall–Kier alpha value is -0.810. The van der Waals surface area contributed by atoms with E-state index in [-0.39, 0.29) is 30.7 Å². The highest BCUT2D eigenvalue weighted by Crippen LogP contribution is 2.17.